The van der Waals surface area contributed by atoms with Crippen LogP contribution in [0.15, 0.2) is 47.1 Å². The van der Waals surface area contributed by atoms with Crippen LogP contribution < -0.4 is 20.1 Å². The monoisotopic (exact) mass is 376 g/mol. The minimum absolute atomic E-state index is 0.0377. The SMILES string of the molecule is COc1ccc(OCCC(=O)OCC(=O)NC(=O)NCc2ccco2)cc1. The standard InChI is InChI=1S/C18H20N2O7/c1-24-13-4-6-14(7-5-13)26-10-8-17(22)27-12-16(21)20-18(23)19-11-15-3-2-9-25-15/h2-7,9H,8,10-12H2,1H3,(H2,19,20,21,23). The van der Waals surface area contributed by atoms with Crippen LogP contribution in [-0.4, -0.2) is 38.2 Å². The largest absolute Gasteiger partial charge is 0.497 e. The summed E-state index contributed by atoms with van der Waals surface area (Å²) in [5, 5.41) is 4.47. The fraction of sp³-hybridized carbons (Fsp3) is 0.278. The highest BCUT2D eigenvalue weighted by Crippen LogP contribution is 2.17. The number of ether oxygens (including phenoxy) is 3. The van der Waals surface area contributed by atoms with Crippen molar-refractivity contribution in [2.45, 2.75) is 13.0 Å². The second-order valence-electron chi connectivity index (χ2n) is 5.24. The molecular formula is C18H20N2O7. The maximum absolute atomic E-state index is 11.6. The summed E-state index contributed by atoms with van der Waals surface area (Å²) in [5.74, 6) is 0.461. The third kappa shape index (κ3) is 7.51. The predicted molar refractivity (Wildman–Crippen MR) is 93.2 cm³/mol. The Morgan fingerprint density at radius 1 is 1.07 bits per heavy atom. The first kappa shape index (κ1) is 19.8. The molecule has 2 aromatic rings. The number of hydrogen-bond acceptors (Lipinski definition) is 7. The number of urea groups is 1. The van der Waals surface area contributed by atoms with Crippen LogP contribution in [0.3, 0.4) is 0 Å². The van der Waals surface area contributed by atoms with E-state index in [2.05, 4.69) is 5.32 Å². The summed E-state index contributed by atoms with van der Waals surface area (Å²) in [5.41, 5.74) is 0. The molecular weight excluding hydrogens is 356 g/mol. The van der Waals surface area contributed by atoms with Gasteiger partial charge in [-0.05, 0) is 36.4 Å². The highest BCUT2D eigenvalue weighted by atomic mass is 16.5. The number of hydrogen-bond donors (Lipinski definition) is 2. The normalized spacial score (nSPS) is 9.96. The molecule has 0 aliphatic rings. The van der Waals surface area contributed by atoms with Crippen molar-refractivity contribution in [3.8, 4) is 11.5 Å². The maximum atomic E-state index is 11.6. The van der Waals surface area contributed by atoms with Gasteiger partial charge in [-0.1, -0.05) is 0 Å². The Bertz CT molecular complexity index is 742. The van der Waals surface area contributed by atoms with Crippen molar-refractivity contribution in [3.63, 3.8) is 0 Å². The third-order valence-electron chi connectivity index (χ3n) is 3.25. The van der Waals surface area contributed by atoms with Crippen LogP contribution in [0.1, 0.15) is 12.2 Å². The van der Waals surface area contributed by atoms with Crippen molar-refractivity contribution >= 4 is 17.9 Å². The lowest BCUT2D eigenvalue weighted by molar-refractivity contribution is -0.148. The Kier molecular flexibility index (Phi) is 7.70. The number of imide groups is 1. The van der Waals surface area contributed by atoms with E-state index in [1.54, 1.807) is 43.5 Å². The van der Waals surface area contributed by atoms with Gasteiger partial charge in [0.2, 0.25) is 0 Å². The van der Waals surface area contributed by atoms with Crippen LogP contribution in [0.25, 0.3) is 0 Å². The Morgan fingerprint density at radius 2 is 1.81 bits per heavy atom. The van der Waals surface area contributed by atoms with Crippen molar-refractivity contribution in [1.82, 2.24) is 10.6 Å². The van der Waals surface area contributed by atoms with Crippen molar-refractivity contribution in [2.75, 3.05) is 20.3 Å². The van der Waals surface area contributed by atoms with Crippen LogP contribution in [0.4, 0.5) is 4.79 Å². The molecule has 1 aromatic heterocycles. The second kappa shape index (κ2) is 10.5. The van der Waals surface area contributed by atoms with Crippen LogP contribution in [0.2, 0.25) is 0 Å². The molecule has 0 saturated heterocycles. The zero-order valence-corrected chi connectivity index (χ0v) is 14.7. The Hall–Kier alpha value is -3.49. The molecule has 0 aliphatic carbocycles. The van der Waals surface area contributed by atoms with Gasteiger partial charge in [-0.15, -0.1) is 0 Å². The lowest BCUT2D eigenvalue weighted by atomic mass is 10.3. The number of carbonyl (C=O) groups excluding carboxylic acids is 3. The van der Waals surface area contributed by atoms with Crippen molar-refractivity contribution in [3.05, 3.63) is 48.4 Å². The molecule has 0 bridgehead atoms. The van der Waals surface area contributed by atoms with E-state index in [0.717, 1.165) is 0 Å². The van der Waals surface area contributed by atoms with E-state index < -0.39 is 24.5 Å². The molecule has 1 heterocycles. The quantitative estimate of drug-likeness (QED) is 0.639. The van der Waals surface area contributed by atoms with E-state index in [4.69, 9.17) is 18.6 Å². The molecule has 0 fully saturated rings. The number of furan rings is 1. The number of rotatable bonds is 9. The lowest BCUT2D eigenvalue weighted by Crippen LogP contribution is -2.41. The highest BCUT2D eigenvalue weighted by Gasteiger charge is 2.11. The summed E-state index contributed by atoms with van der Waals surface area (Å²) in [6.07, 6.45) is 1.43. The van der Waals surface area contributed by atoms with Crippen molar-refractivity contribution in [1.29, 1.82) is 0 Å². The van der Waals surface area contributed by atoms with Crippen LogP contribution in [-0.2, 0) is 20.9 Å². The van der Waals surface area contributed by atoms with Gasteiger partial charge in [-0.3, -0.25) is 14.9 Å². The summed E-state index contributed by atoms with van der Waals surface area (Å²) in [4.78, 5) is 34.7. The fourth-order valence-electron chi connectivity index (χ4n) is 1.93. The molecule has 2 N–H and O–H groups in total. The van der Waals surface area contributed by atoms with Gasteiger partial charge in [0.25, 0.3) is 5.91 Å². The molecule has 0 spiro atoms. The molecule has 0 unspecified atom stereocenters. The minimum atomic E-state index is -0.739. The van der Waals surface area contributed by atoms with Gasteiger partial charge in [0.05, 0.1) is 32.9 Å². The number of nitrogens with one attached hydrogen (secondary N) is 2. The Morgan fingerprint density at radius 3 is 2.48 bits per heavy atom. The average Bonchev–Trinajstić information content (AvgIpc) is 3.19. The number of amides is 3. The molecule has 27 heavy (non-hydrogen) atoms. The first-order chi connectivity index (χ1) is 13.1. The predicted octanol–water partition coefficient (Wildman–Crippen LogP) is 1.63. The molecule has 0 saturated carbocycles. The number of carbonyl (C=O) groups is 3. The summed E-state index contributed by atoms with van der Waals surface area (Å²) in [6, 6.07) is 9.52. The van der Waals surface area contributed by atoms with E-state index >= 15 is 0 Å². The zero-order valence-electron chi connectivity index (χ0n) is 14.7. The van der Waals surface area contributed by atoms with E-state index in [1.165, 1.54) is 6.26 Å². The summed E-state index contributed by atoms with van der Waals surface area (Å²) in [6.45, 7) is -0.333. The smallest absolute Gasteiger partial charge is 0.321 e. The molecule has 9 heteroatoms. The second-order valence-corrected chi connectivity index (χ2v) is 5.24. The van der Waals surface area contributed by atoms with Crippen LogP contribution >= 0.6 is 0 Å². The Balaban J connectivity index is 1.57. The summed E-state index contributed by atoms with van der Waals surface area (Å²) < 4.78 is 20.2. The third-order valence-corrected chi connectivity index (χ3v) is 3.25. The van der Waals surface area contributed by atoms with E-state index in [9.17, 15) is 14.4 Å². The first-order valence-corrected chi connectivity index (χ1v) is 8.09. The maximum Gasteiger partial charge on any atom is 0.321 e. The summed E-state index contributed by atoms with van der Waals surface area (Å²) in [7, 11) is 1.56. The minimum Gasteiger partial charge on any atom is -0.497 e. The van der Waals surface area contributed by atoms with E-state index in [1.807, 2.05) is 5.32 Å². The van der Waals surface area contributed by atoms with E-state index in [0.29, 0.717) is 17.3 Å². The fourth-order valence-corrected chi connectivity index (χ4v) is 1.93. The van der Waals surface area contributed by atoms with Crippen molar-refractivity contribution in [2.24, 2.45) is 0 Å². The molecule has 2 rings (SSSR count). The molecule has 3 amide bonds. The van der Waals surface area contributed by atoms with E-state index in [-0.39, 0.29) is 19.6 Å². The van der Waals surface area contributed by atoms with Gasteiger partial charge < -0.3 is 23.9 Å². The van der Waals surface area contributed by atoms with Gasteiger partial charge in [-0.2, -0.15) is 0 Å². The molecule has 0 radical (unpaired) electrons. The van der Waals surface area contributed by atoms with Gasteiger partial charge in [-0.25, -0.2) is 4.79 Å². The van der Waals surface area contributed by atoms with Gasteiger partial charge in [0.15, 0.2) is 6.61 Å². The number of benzene rings is 1. The van der Waals surface area contributed by atoms with Crippen molar-refractivity contribution < 1.29 is 33.0 Å². The molecule has 0 atom stereocenters. The van der Waals surface area contributed by atoms with Gasteiger partial charge in [0, 0.05) is 0 Å². The molecule has 0 aliphatic heterocycles. The summed E-state index contributed by atoms with van der Waals surface area (Å²) >= 11 is 0. The van der Waals surface area contributed by atoms with Gasteiger partial charge >= 0.3 is 12.0 Å². The van der Waals surface area contributed by atoms with Gasteiger partial charge in [0.1, 0.15) is 17.3 Å². The lowest BCUT2D eigenvalue weighted by Gasteiger charge is -2.08. The topological polar surface area (TPSA) is 116 Å². The molecule has 144 valence electrons. The zero-order chi connectivity index (χ0) is 19.5. The number of methoxy groups -OCH3 is 1. The van der Waals surface area contributed by atoms with Crippen LogP contribution in [0.5, 0.6) is 11.5 Å². The molecule has 9 nitrogen and oxygen atoms in total. The number of esters is 1. The highest BCUT2D eigenvalue weighted by molar-refractivity contribution is 5.95. The van der Waals surface area contributed by atoms with Crippen LogP contribution in [0, 0.1) is 0 Å². The average molecular weight is 376 g/mol. The molecule has 1 aromatic carbocycles. The first-order valence-electron chi connectivity index (χ1n) is 8.09. The Labute approximate surface area is 155 Å².